The molecule has 0 amide bonds. The fraction of sp³-hybridized carbons (Fsp3) is 0.643. The third-order valence-corrected chi connectivity index (χ3v) is 3.73. The molecule has 2 heterocycles. The Morgan fingerprint density at radius 1 is 1.47 bits per heavy atom. The molecule has 1 aromatic heterocycles. The molecular formula is C14H23N3. The molecule has 1 aliphatic rings. The van der Waals surface area contributed by atoms with E-state index in [0.29, 0.717) is 6.04 Å². The van der Waals surface area contributed by atoms with Crippen LogP contribution in [0.3, 0.4) is 0 Å². The Morgan fingerprint density at radius 3 is 2.88 bits per heavy atom. The minimum atomic E-state index is 0.0721. The summed E-state index contributed by atoms with van der Waals surface area (Å²) >= 11 is 0. The Balaban J connectivity index is 2.11. The molecule has 3 heteroatoms. The van der Waals surface area contributed by atoms with Crippen LogP contribution in [0.2, 0.25) is 0 Å². The molecule has 17 heavy (non-hydrogen) atoms. The molecule has 0 spiro atoms. The van der Waals surface area contributed by atoms with E-state index >= 15 is 0 Å². The minimum Gasteiger partial charge on any atom is -0.368 e. The zero-order valence-electron chi connectivity index (χ0n) is 10.9. The molecule has 94 valence electrons. The van der Waals surface area contributed by atoms with Crippen LogP contribution >= 0.6 is 0 Å². The van der Waals surface area contributed by atoms with Crippen LogP contribution in [0.1, 0.15) is 51.3 Å². The summed E-state index contributed by atoms with van der Waals surface area (Å²) in [4.78, 5) is 6.95. The Kier molecular flexibility index (Phi) is 4.00. The predicted octanol–water partition coefficient (Wildman–Crippen LogP) is 2.87. The lowest BCUT2D eigenvalue weighted by molar-refractivity contribution is 0.484. The summed E-state index contributed by atoms with van der Waals surface area (Å²) in [7, 11) is 0. The highest BCUT2D eigenvalue weighted by molar-refractivity contribution is 5.46. The lowest BCUT2D eigenvalue weighted by Crippen LogP contribution is -2.37. The zero-order valence-corrected chi connectivity index (χ0v) is 10.9. The van der Waals surface area contributed by atoms with Crippen LogP contribution in [0.25, 0.3) is 0 Å². The van der Waals surface area contributed by atoms with Gasteiger partial charge in [-0.1, -0.05) is 6.92 Å². The summed E-state index contributed by atoms with van der Waals surface area (Å²) in [6.07, 6.45) is 6.85. The number of anilines is 1. The largest absolute Gasteiger partial charge is 0.368 e. The molecule has 1 fully saturated rings. The van der Waals surface area contributed by atoms with Crippen LogP contribution in [0.15, 0.2) is 18.3 Å². The standard InChI is InChI=1S/C14H23N3/c1-3-13(15)14-8-7-12(10-16-14)17-9-5-4-6-11(17)2/h7-8,10-11,13H,3-6,9,15H2,1-2H3/t11?,13-/m1/s1. The molecule has 0 aromatic carbocycles. The second-order valence-corrected chi connectivity index (χ2v) is 4.99. The summed E-state index contributed by atoms with van der Waals surface area (Å²) in [6.45, 7) is 5.54. The third kappa shape index (κ3) is 2.78. The SMILES string of the molecule is CC[C@@H](N)c1ccc(N2CCCCC2C)cn1. The summed E-state index contributed by atoms with van der Waals surface area (Å²) in [5, 5.41) is 0. The van der Waals surface area contributed by atoms with E-state index in [2.05, 4.69) is 35.9 Å². The van der Waals surface area contributed by atoms with Gasteiger partial charge in [0.2, 0.25) is 0 Å². The van der Waals surface area contributed by atoms with Crippen molar-refractivity contribution in [1.82, 2.24) is 4.98 Å². The number of pyridine rings is 1. The number of nitrogens with zero attached hydrogens (tertiary/aromatic N) is 2. The lowest BCUT2D eigenvalue weighted by Gasteiger charge is -2.35. The van der Waals surface area contributed by atoms with Crippen molar-refractivity contribution >= 4 is 5.69 Å². The number of aromatic nitrogens is 1. The highest BCUT2D eigenvalue weighted by atomic mass is 15.2. The Morgan fingerprint density at radius 2 is 2.29 bits per heavy atom. The predicted molar refractivity (Wildman–Crippen MR) is 72.1 cm³/mol. The second kappa shape index (κ2) is 5.50. The van der Waals surface area contributed by atoms with Crippen molar-refractivity contribution in [1.29, 1.82) is 0 Å². The summed E-state index contributed by atoms with van der Waals surface area (Å²) in [5.74, 6) is 0. The monoisotopic (exact) mass is 233 g/mol. The molecule has 2 N–H and O–H groups in total. The van der Waals surface area contributed by atoms with Gasteiger partial charge < -0.3 is 10.6 Å². The number of hydrogen-bond donors (Lipinski definition) is 1. The second-order valence-electron chi connectivity index (χ2n) is 4.99. The topological polar surface area (TPSA) is 42.1 Å². The van der Waals surface area contributed by atoms with Gasteiger partial charge in [-0.15, -0.1) is 0 Å². The maximum atomic E-state index is 5.97. The zero-order chi connectivity index (χ0) is 12.3. The Labute approximate surface area is 104 Å². The van der Waals surface area contributed by atoms with Crippen molar-refractivity contribution in [3.05, 3.63) is 24.0 Å². The summed E-state index contributed by atoms with van der Waals surface area (Å²) in [5.41, 5.74) is 8.21. The van der Waals surface area contributed by atoms with E-state index in [1.54, 1.807) is 0 Å². The quantitative estimate of drug-likeness (QED) is 0.873. The van der Waals surface area contributed by atoms with Gasteiger partial charge in [0.25, 0.3) is 0 Å². The smallest absolute Gasteiger partial charge is 0.0572 e. The van der Waals surface area contributed by atoms with Gasteiger partial charge in [0.15, 0.2) is 0 Å². The van der Waals surface area contributed by atoms with E-state index in [9.17, 15) is 0 Å². The van der Waals surface area contributed by atoms with Gasteiger partial charge in [0.1, 0.15) is 0 Å². The van der Waals surface area contributed by atoms with E-state index in [1.165, 1.54) is 24.9 Å². The normalized spacial score (nSPS) is 22.5. The first-order valence-electron chi connectivity index (χ1n) is 6.70. The van der Waals surface area contributed by atoms with Crippen molar-refractivity contribution < 1.29 is 0 Å². The van der Waals surface area contributed by atoms with Crippen LogP contribution in [0.4, 0.5) is 5.69 Å². The van der Waals surface area contributed by atoms with E-state index in [1.807, 2.05) is 6.20 Å². The first-order chi connectivity index (χ1) is 8.22. The molecular weight excluding hydrogens is 210 g/mol. The van der Waals surface area contributed by atoms with Crippen molar-refractivity contribution in [3.8, 4) is 0 Å². The van der Waals surface area contributed by atoms with Gasteiger partial charge in [-0.25, -0.2) is 0 Å². The summed E-state index contributed by atoms with van der Waals surface area (Å²) < 4.78 is 0. The average Bonchev–Trinajstić information content (AvgIpc) is 2.39. The molecule has 1 unspecified atom stereocenters. The Hall–Kier alpha value is -1.09. The molecule has 2 rings (SSSR count). The minimum absolute atomic E-state index is 0.0721. The van der Waals surface area contributed by atoms with E-state index in [4.69, 9.17) is 5.73 Å². The van der Waals surface area contributed by atoms with Gasteiger partial charge in [-0.2, -0.15) is 0 Å². The highest BCUT2D eigenvalue weighted by Crippen LogP contribution is 2.24. The maximum Gasteiger partial charge on any atom is 0.0572 e. The number of nitrogens with two attached hydrogens (primary N) is 1. The van der Waals surface area contributed by atoms with Gasteiger partial charge in [0, 0.05) is 18.6 Å². The Bertz CT molecular complexity index is 347. The fourth-order valence-electron chi connectivity index (χ4n) is 2.48. The average molecular weight is 233 g/mol. The first-order valence-corrected chi connectivity index (χ1v) is 6.70. The molecule has 0 bridgehead atoms. The van der Waals surface area contributed by atoms with E-state index in [-0.39, 0.29) is 6.04 Å². The molecule has 1 aromatic rings. The van der Waals surface area contributed by atoms with Crippen LogP contribution < -0.4 is 10.6 Å². The van der Waals surface area contributed by atoms with Crippen molar-refractivity contribution in [2.45, 2.75) is 51.6 Å². The summed E-state index contributed by atoms with van der Waals surface area (Å²) in [6, 6.07) is 4.95. The lowest BCUT2D eigenvalue weighted by atomic mass is 10.0. The van der Waals surface area contributed by atoms with Crippen LogP contribution in [-0.4, -0.2) is 17.6 Å². The number of rotatable bonds is 3. The van der Waals surface area contributed by atoms with Crippen LogP contribution in [0.5, 0.6) is 0 Å². The fourth-order valence-corrected chi connectivity index (χ4v) is 2.48. The molecule has 0 aliphatic carbocycles. The molecule has 1 saturated heterocycles. The molecule has 1 aliphatic heterocycles. The first kappa shape index (κ1) is 12.4. The highest BCUT2D eigenvalue weighted by Gasteiger charge is 2.18. The van der Waals surface area contributed by atoms with E-state index < -0.39 is 0 Å². The number of hydrogen-bond acceptors (Lipinski definition) is 3. The molecule has 2 atom stereocenters. The van der Waals surface area contributed by atoms with Gasteiger partial charge >= 0.3 is 0 Å². The van der Waals surface area contributed by atoms with Gasteiger partial charge in [-0.05, 0) is 44.7 Å². The molecule has 3 nitrogen and oxygen atoms in total. The molecule has 0 saturated carbocycles. The van der Waals surface area contributed by atoms with Crippen molar-refractivity contribution in [2.75, 3.05) is 11.4 Å². The van der Waals surface area contributed by atoms with Crippen LogP contribution in [-0.2, 0) is 0 Å². The van der Waals surface area contributed by atoms with Crippen molar-refractivity contribution in [3.63, 3.8) is 0 Å². The van der Waals surface area contributed by atoms with E-state index in [0.717, 1.165) is 18.7 Å². The van der Waals surface area contributed by atoms with Crippen molar-refractivity contribution in [2.24, 2.45) is 5.73 Å². The number of piperidine rings is 1. The maximum absolute atomic E-state index is 5.97. The van der Waals surface area contributed by atoms with Gasteiger partial charge in [0.05, 0.1) is 17.6 Å². The molecule has 0 radical (unpaired) electrons. The van der Waals surface area contributed by atoms with Gasteiger partial charge in [-0.3, -0.25) is 4.98 Å². The van der Waals surface area contributed by atoms with Crippen LogP contribution in [0, 0.1) is 0 Å². The third-order valence-electron chi connectivity index (χ3n) is 3.73.